The monoisotopic (exact) mass is 303 g/mol. The minimum absolute atomic E-state index is 0.0921. The number of aliphatic hydroxyl groups excluding tert-OH is 3. The Kier molecular flexibility index (Phi) is 3.35. The number of hydrogen-bond donors (Lipinski definition) is 4. The molecule has 0 aliphatic carbocycles. The molecule has 1 saturated heterocycles. The van der Waals surface area contributed by atoms with Crippen LogP contribution in [0.2, 0.25) is 5.15 Å². The van der Waals surface area contributed by atoms with Gasteiger partial charge in [-0.1, -0.05) is 11.6 Å². The van der Waals surface area contributed by atoms with Crippen LogP contribution < -0.4 is 0 Å². The van der Waals surface area contributed by atoms with Crippen molar-refractivity contribution in [1.29, 1.82) is 0 Å². The van der Waals surface area contributed by atoms with Gasteiger partial charge in [0.2, 0.25) is 0 Å². The lowest BCUT2D eigenvalue weighted by molar-refractivity contribution is -0.0224. The van der Waals surface area contributed by atoms with Gasteiger partial charge >= 0.3 is 6.08 Å². The number of nitrogens with one attached hydrogen (secondary N) is 1. The molecule has 0 spiro atoms. The molecule has 3 rings (SSSR count). The van der Waals surface area contributed by atoms with Gasteiger partial charge in [0.05, 0.1) is 6.61 Å². The largest absolute Gasteiger partial charge is 0.394 e. The maximum absolute atomic E-state index is 13.2. The van der Waals surface area contributed by atoms with Gasteiger partial charge in [-0.3, -0.25) is 0 Å². The second-order valence-corrected chi connectivity index (χ2v) is 4.87. The second-order valence-electron chi connectivity index (χ2n) is 4.51. The molecule has 1 fully saturated rings. The Morgan fingerprint density at radius 1 is 1.35 bits per heavy atom. The van der Waals surface area contributed by atoms with Gasteiger partial charge in [0, 0.05) is 11.8 Å². The Morgan fingerprint density at radius 3 is 2.75 bits per heavy atom. The average molecular weight is 304 g/mol. The van der Waals surface area contributed by atoms with Crippen molar-refractivity contribution in [2.45, 2.75) is 24.4 Å². The van der Waals surface area contributed by atoms with Crippen molar-refractivity contribution in [3.63, 3.8) is 0 Å². The summed E-state index contributed by atoms with van der Waals surface area (Å²) in [5, 5.41) is 28.7. The molecular weight excluding hydrogens is 293 g/mol. The molecule has 0 bridgehead atoms. The fourth-order valence-corrected chi connectivity index (χ4v) is 2.55. The van der Waals surface area contributed by atoms with Crippen molar-refractivity contribution in [2.75, 3.05) is 6.61 Å². The Hall–Kier alpha value is -1.32. The first-order valence-electron chi connectivity index (χ1n) is 5.85. The fraction of sp³-hybridized carbons (Fsp3) is 0.455. The summed E-state index contributed by atoms with van der Waals surface area (Å²) < 4.78 is 18.6. The molecule has 0 amide bonds. The van der Waals surface area contributed by atoms with Crippen LogP contribution in [0, 0.1) is 6.08 Å². The highest BCUT2D eigenvalue weighted by Crippen LogP contribution is 2.37. The number of aromatic amines is 1. The summed E-state index contributed by atoms with van der Waals surface area (Å²) in [6.45, 7) is -0.443. The van der Waals surface area contributed by atoms with E-state index >= 15 is 0 Å². The zero-order chi connectivity index (χ0) is 14.4. The molecule has 2 aromatic rings. The predicted octanol–water partition coefficient (Wildman–Crippen LogP) is -0.0956. The topological polar surface area (TPSA) is 111 Å². The van der Waals surface area contributed by atoms with Gasteiger partial charge in [-0.25, -0.2) is 4.98 Å². The standard InChI is InChI=1S/C11H11ClFN3O4/c12-10-6-5(15-11(13)16-10)3(1-14-6)9-8(19)7(18)4(2-17)20-9/h1,4,7-9,14,17-19H,2H2/t4-,7-,8-,9+/m1/s1. The third-order valence-electron chi connectivity index (χ3n) is 3.33. The van der Waals surface area contributed by atoms with Crippen LogP contribution in [0.4, 0.5) is 4.39 Å². The maximum Gasteiger partial charge on any atom is 0.310 e. The molecule has 0 unspecified atom stereocenters. The molecule has 9 heteroatoms. The van der Waals surface area contributed by atoms with Gasteiger partial charge in [0.15, 0.2) is 5.15 Å². The van der Waals surface area contributed by atoms with Crippen molar-refractivity contribution in [2.24, 2.45) is 0 Å². The van der Waals surface area contributed by atoms with Crippen molar-refractivity contribution >= 4 is 22.6 Å². The summed E-state index contributed by atoms with van der Waals surface area (Å²) >= 11 is 5.79. The Labute approximate surface area is 117 Å². The highest BCUT2D eigenvalue weighted by Gasteiger charge is 2.44. The molecule has 0 radical (unpaired) electrons. The number of rotatable bonds is 2. The molecule has 20 heavy (non-hydrogen) atoms. The summed E-state index contributed by atoms with van der Waals surface area (Å²) in [5.41, 5.74) is 0.809. The zero-order valence-electron chi connectivity index (χ0n) is 9.99. The van der Waals surface area contributed by atoms with Crippen LogP contribution in [0.15, 0.2) is 6.20 Å². The number of ether oxygens (including phenoxy) is 1. The first kappa shape index (κ1) is 13.7. The quantitative estimate of drug-likeness (QED) is 0.455. The Morgan fingerprint density at radius 2 is 2.10 bits per heavy atom. The molecule has 7 nitrogen and oxygen atoms in total. The number of hydrogen-bond acceptors (Lipinski definition) is 6. The molecule has 2 aromatic heterocycles. The number of halogens is 2. The maximum atomic E-state index is 13.2. The van der Waals surface area contributed by atoms with Crippen LogP contribution in [0.5, 0.6) is 0 Å². The highest BCUT2D eigenvalue weighted by atomic mass is 35.5. The molecule has 4 atom stereocenters. The van der Waals surface area contributed by atoms with E-state index < -0.39 is 37.1 Å². The van der Waals surface area contributed by atoms with E-state index in [0.717, 1.165) is 0 Å². The first-order chi connectivity index (χ1) is 9.52. The summed E-state index contributed by atoms with van der Waals surface area (Å²) in [6.07, 6.45) is -3.91. The smallest absolute Gasteiger partial charge is 0.310 e. The van der Waals surface area contributed by atoms with Gasteiger partial charge in [-0.15, -0.1) is 0 Å². The summed E-state index contributed by atoms with van der Waals surface area (Å²) in [6, 6.07) is 0. The lowest BCUT2D eigenvalue weighted by Crippen LogP contribution is -2.32. The molecular formula is C11H11ClFN3O4. The number of aliphatic hydroxyl groups is 3. The van der Waals surface area contributed by atoms with E-state index in [-0.39, 0.29) is 10.7 Å². The third-order valence-corrected chi connectivity index (χ3v) is 3.61. The van der Waals surface area contributed by atoms with E-state index in [2.05, 4.69) is 15.0 Å². The normalized spacial score (nSPS) is 30.2. The van der Waals surface area contributed by atoms with Crippen molar-refractivity contribution in [3.05, 3.63) is 23.0 Å². The summed E-state index contributed by atoms with van der Waals surface area (Å²) in [7, 11) is 0. The van der Waals surface area contributed by atoms with E-state index in [1.54, 1.807) is 0 Å². The highest BCUT2D eigenvalue weighted by molar-refractivity contribution is 6.33. The van der Waals surface area contributed by atoms with Crippen LogP contribution in [0.3, 0.4) is 0 Å². The molecule has 108 valence electrons. The van der Waals surface area contributed by atoms with Crippen molar-refractivity contribution in [3.8, 4) is 0 Å². The number of H-pyrrole nitrogens is 1. The minimum Gasteiger partial charge on any atom is -0.394 e. The zero-order valence-corrected chi connectivity index (χ0v) is 10.8. The second kappa shape index (κ2) is 4.90. The van der Waals surface area contributed by atoms with Crippen LogP contribution >= 0.6 is 11.6 Å². The van der Waals surface area contributed by atoms with Crippen molar-refractivity contribution in [1.82, 2.24) is 15.0 Å². The molecule has 1 aliphatic heterocycles. The lowest BCUT2D eigenvalue weighted by atomic mass is 10.0. The van der Waals surface area contributed by atoms with E-state index in [1.807, 2.05) is 0 Å². The van der Waals surface area contributed by atoms with E-state index in [9.17, 15) is 14.6 Å². The molecule has 4 N–H and O–H groups in total. The molecule has 1 aliphatic rings. The van der Waals surface area contributed by atoms with Gasteiger partial charge in [0.1, 0.15) is 35.4 Å². The number of nitrogens with zero attached hydrogens (tertiary/aromatic N) is 2. The third kappa shape index (κ3) is 1.97. The average Bonchev–Trinajstić information content (AvgIpc) is 2.93. The SMILES string of the molecule is OC[C@H]1O[C@@H](c2c[nH]c3c(Cl)nc(F)nc23)[C@H](O)[C@@H]1O. The van der Waals surface area contributed by atoms with E-state index in [1.165, 1.54) is 6.20 Å². The molecule has 0 aromatic carbocycles. The van der Waals surface area contributed by atoms with E-state index in [4.69, 9.17) is 21.4 Å². The van der Waals surface area contributed by atoms with E-state index in [0.29, 0.717) is 11.1 Å². The van der Waals surface area contributed by atoms with Gasteiger partial charge in [-0.2, -0.15) is 9.37 Å². The van der Waals surface area contributed by atoms with Gasteiger partial charge in [0.25, 0.3) is 0 Å². The van der Waals surface area contributed by atoms with Crippen LogP contribution in [0.1, 0.15) is 11.7 Å². The Balaban J connectivity index is 2.07. The Bertz CT molecular complexity index is 652. The minimum atomic E-state index is -1.26. The summed E-state index contributed by atoms with van der Waals surface area (Å²) in [4.78, 5) is 9.76. The van der Waals surface area contributed by atoms with Crippen LogP contribution in [-0.2, 0) is 4.74 Å². The van der Waals surface area contributed by atoms with Gasteiger partial charge in [-0.05, 0) is 0 Å². The fourth-order valence-electron chi connectivity index (χ4n) is 2.34. The number of fused-ring (bicyclic) bond motifs is 1. The number of aromatic nitrogens is 3. The lowest BCUT2D eigenvalue weighted by Gasteiger charge is -2.13. The summed E-state index contributed by atoms with van der Waals surface area (Å²) in [5.74, 6) is 0. The van der Waals surface area contributed by atoms with Gasteiger partial charge < -0.3 is 25.0 Å². The van der Waals surface area contributed by atoms with Crippen LogP contribution in [0.25, 0.3) is 11.0 Å². The molecule has 3 heterocycles. The van der Waals surface area contributed by atoms with Crippen molar-refractivity contribution < 1.29 is 24.4 Å². The van der Waals surface area contributed by atoms with Crippen LogP contribution in [-0.4, -0.2) is 55.2 Å². The predicted molar refractivity (Wildman–Crippen MR) is 65.6 cm³/mol. The first-order valence-corrected chi connectivity index (χ1v) is 6.23. The molecule has 0 saturated carbocycles.